The lowest BCUT2D eigenvalue weighted by Crippen LogP contribution is -2.50. The van der Waals surface area contributed by atoms with Crippen molar-refractivity contribution in [3.63, 3.8) is 0 Å². The second-order valence-corrected chi connectivity index (χ2v) is 4.74. The van der Waals surface area contributed by atoms with E-state index in [9.17, 15) is 0 Å². The Morgan fingerprint density at radius 2 is 2.44 bits per heavy atom. The minimum atomic E-state index is 0.189. The fourth-order valence-corrected chi connectivity index (χ4v) is 2.37. The van der Waals surface area contributed by atoms with Gasteiger partial charge in [0.25, 0.3) is 0 Å². The van der Waals surface area contributed by atoms with Gasteiger partial charge in [0.1, 0.15) is 6.26 Å². The van der Waals surface area contributed by atoms with Gasteiger partial charge in [-0.05, 0) is 25.8 Å². The van der Waals surface area contributed by atoms with E-state index in [2.05, 4.69) is 27.0 Å². The van der Waals surface area contributed by atoms with Crippen LogP contribution in [0.5, 0.6) is 0 Å². The van der Waals surface area contributed by atoms with Crippen molar-refractivity contribution >= 4 is 5.95 Å². The molecule has 1 saturated heterocycles. The first-order valence-electron chi connectivity index (χ1n) is 6.23. The zero-order chi connectivity index (χ0) is 12.5. The Labute approximate surface area is 105 Å². The van der Waals surface area contributed by atoms with Crippen molar-refractivity contribution in [3.05, 3.63) is 18.6 Å². The Morgan fingerprint density at radius 3 is 3.22 bits per heavy atom. The quantitative estimate of drug-likeness (QED) is 0.837. The van der Waals surface area contributed by atoms with Gasteiger partial charge in [0.2, 0.25) is 5.95 Å². The second-order valence-electron chi connectivity index (χ2n) is 4.74. The molecule has 2 atom stereocenters. The smallest absolute Gasteiger partial charge is 0.245 e. The maximum Gasteiger partial charge on any atom is 0.245 e. The number of hydrogen-bond donors (Lipinski definition) is 2. The van der Waals surface area contributed by atoms with Crippen LogP contribution in [0.1, 0.15) is 19.8 Å². The molecule has 6 nitrogen and oxygen atoms in total. The molecule has 2 aromatic heterocycles. The molecule has 2 aromatic rings. The lowest BCUT2D eigenvalue weighted by Gasteiger charge is -2.36. The molecular weight excluding hydrogens is 230 g/mol. The van der Waals surface area contributed by atoms with Crippen molar-refractivity contribution in [1.82, 2.24) is 15.2 Å². The molecule has 0 aromatic carbocycles. The van der Waals surface area contributed by atoms with E-state index in [1.54, 1.807) is 12.5 Å². The van der Waals surface area contributed by atoms with Gasteiger partial charge in [-0.3, -0.25) is 5.10 Å². The van der Waals surface area contributed by atoms with Crippen LogP contribution >= 0.6 is 0 Å². The summed E-state index contributed by atoms with van der Waals surface area (Å²) < 4.78 is 5.04. The minimum absolute atomic E-state index is 0.189. The van der Waals surface area contributed by atoms with Gasteiger partial charge in [0, 0.05) is 18.6 Å². The molecule has 0 spiro atoms. The van der Waals surface area contributed by atoms with Gasteiger partial charge < -0.3 is 15.1 Å². The third-order valence-electron chi connectivity index (χ3n) is 3.57. The van der Waals surface area contributed by atoms with Crippen LogP contribution in [0.2, 0.25) is 0 Å². The molecule has 3 N–H and O–H groups in total. The largest absolute Gasteiger partial charge is 0.472 e. The first kappa shape index (κ1) is 11.3. The summed E-state index contributed by atoms with van der Waals surface area (Å²) in [5.74, 6) is 1.44. The van der Waals surface area contributed by atoms with E-state index in [-0.39, 0.29) is 12.1 Å². The van der Waals surface area contributed by atoms with Crippen LogP contribution in [-0.4, -0.2) is 33.8 Å². The van der Waals surface area contributed by atoms with E-state index in [1.165, 1.54) is 0 Å². The molecule has 0 aliphatic carbocycles. The van der Waals surface area contributed by atoms with Crippen LogP contribution in [0.15, 0.2) is 23.0 Å². The first-order valence-corrected chi connectivity index (χ1v) is 6.23. The number of aromatic amines is 1. The van der Waals surface area contributed by atoms with Crippen LogP contribution in [0.3, 0.4) is 0 Å². The number of anilines is 1. The number of aromatic nitrogens is 3. The zero-order valence-corrected chi connectivity index (χ0v) is 10.3. The lowest BCUT2D eigenvalue weighted by atomic mass is 9.99. The normalized spacial score (nSPS) is 24.4. The Bertz CT molecular complexity index is 506. The van der Waals surface area contributed by atoms with Crippen LogP contribution < -0.4 is 10.6 Å². The zero-order valence-electron chi connectivity index (χ0n) is 10.3. The molecule has 0 amide bonds. The van der Waals surface area contributed by atoms with Gasteiger partial charge in [0.15, 0.2) is 5.82 Å². The number of furan rings is 1. The monoisotopic (exact) mass is 247 g/mol. The summed E-state index contributed by atoms with van der Waals surface area (Å²) in [6.07, 6.45) is 5.42. The number of nitrogens with one attached hydrogen (secondary N) is 1. The van der Waals surface area contributed by atoms with E-state index in [4.69, 9.17) is 10.2 Å². The molecule has 0 saturated carbocycles. The molecule has 3 rings (SSSR count). The summed E-state index contributed by atoms with van der Waals surface area (Å²) >= 11 is 0. The number of piperidine rings is 1. The molecule has 6 heteroatoms. The third kappa shape index (κ3) is 1.88. The summed E-state index contributed by atoms with van der Waals surface area (Å²) in [6.45, 7) is 3.08. The fourth-order valence-electron chi connectivity index (χ4n) is 2.37. The SMILES string of the molecule is CC1C(N)CCCN1c1n[nH]c(-c2ccoc2)n1. The fraction of sp³-hybridized carbons (Fsp3) is 0.500. The minimum Gasteiger partial charge on any atom is -0.472 e. The average Bonchev–Trinajstić information content (AvgIpc) is 3.01. The molecule has 18 heavy (non-hydrogen) atoms. The van der Waals surface area contributed by atoms with Crippen LogP contribution in [0, 0.1) is 0 Å². The van der Waals surface area contributed by atoms with E-state index in [0.29, 0.717) is 5.95 Å². The highest BCUT2D eigenvalue weighted by Gasteiger charge is 2.27. The van der Waals surface area contributed by atoms with Crippen molar-refractivity contribution in [2.75, 3.05) is 11.4 Å². The molecule has 1 aliphatic heterocycles. The number of rotatable bonds is 2. The van der Waals surface area contributed by atoms with E-state index in [1.807, 2.05) is 6.07 Å². The van der Waals surface area contributed by atoms with Crippen molar-refractivity contribution in [3.8, 4) is 11.4 Å². The molecule has 1 aliphatic rings. The van der Waals surface area contributed by atoms with E-state index < -0.39 is 0 Å². The number of H-pyrrole nitrogens is 1. The van der Waals surface area contributed by atoms with Gasteiger partial charge in [-0.1, -0.05) is 0 Å². The Balaban J connectivity index is 1.84. The molecule has 3 heterocycles. The van der Waals surface area contributed by atoms with E-state index in [0.717, 1.165) is 30.8 Å². The van der Waals surface area contributed by atoms with Gasteiger partial charge in [0.05, 0.1) is 11.8 Å². The van der Waals surface area contributed by atoms with Crippen LogP contribution in [0.4, 0.5) is 5.95 Å². The van der Waals surface area contributed by atoms with Crippen LogP contribution in [-0.2, 0) is 0 Å². The summed E-state index contributed by atoms with van der Waals surface area (Å²) in [5.41, 5.74) is 6.99. The topological polar surface area (TPSA) is 84.0 Å². The molecular formula is C12H17N5O. The van der Waals surface area contributed by atoms with Gasteiger partial charge in [-0.15, -0.1) is 5.10 Å². The Hall–Kier alpha value is -1.82. The van der Waals surface area contributed by atoms with Gasteiger partial charge >= 0.3 is 0 Å². The van der Waals surface area contributed by atoms with Crippen molar-refractivity contribution < 1.29 is 4.42 Å². The highest BCUT2D eigenvalue weighted by atomic mass is 16.3. The van der Waals surface area contributed by atoms with Crippen molar-refractivity contribution in [2.45, 2.75) is 31.8 Å². The maximum atomic E-state index is 6.08. The molecule has 2 unspecified atom stereocenters. The molecule has 1 fully saturated rings. The standard InChI is InChI=1S/C12H17N5O/c1-8-10(13)3-2-5-17(8)12-14-11(15-16-12)9-4-6-18-7-9/h4,6-8,10H,2-3,5,13H2,1H3,(H,14,15,16). The maximum absolute atomic E-state index is 6.08. The summed E-state index contributed by atoms with van der Waals surface area (Å²) in [4.78, 5) is 6.67. The van der Waals surface area contributed by atoms with E-state index >= 15 is 0 Å². The number of nitrogens with zero attached hydrogens (tertiary/aromatic N) is 3. The summed E-state index contributed by atoms with van der Waals surface area (Å²) in [5, 5.41) is 7.21. The molecule has 96 valence electrons. The summed E-state index contributed by atoms with van der Waals surface area (Å²) in [6, 6.07) is 2.32. The number of hydrogen-bond acceptors (Lipinski definition) is 5. The predicted molar refractivity (Wildman–Crippen MR) is 68.1 cm³/mol. The predicted octanol–water partition coefficient (Wildman–Crippen LogP) is 1.38. The van der Waals surface area contributed by atoms with Crippen molar-refractivity contribution in [2.24, 2.45) is 5.73 Å². The first-order chi connectivity index (χ1) is 8.75. The number of nitrogens with two attached hydrogens (primary N) is 1. The van der Waals surface area contributed by atoms with Gasteiger partial charge in [-0.2, -0.15) is 4.98 Å². The second kappa shape index (κ2) is 4.45. The van der Waals surface area contributed by atoms with Gasteiger partial charge in [-0.25, -0.2) is 0 Å². The Morgan fingerprint density at radius 1 is 1.56 bits per heavy atom. The van der Waals surface area contributed by atoms with Crippen molar-refractivity contribution in [1.29, 1.82) is 0 Å². The third-order valence-corrected chi connectivity index (χ3v) is 3.57. The lowest BCUT2D eigenvalue weighted by molar-refractivity contribution is 0.416. The molecule has 0 bridgehead atoms. The highest BCUT2D eigenvalue weighted by molar-refractivity contribution is 5.54. The highest BCUT2D eigenvalue weighted by Crippen LogP contribution is 2.23. The average molecular weight is 247 g/mol. The molecule has 0 radical (unpaired) electrons. The van der Waals surface area contributed by atoms with Crippen LogP contribution in [0.25, 0.3) is 11.4 Å². The Kier molecular flexibility index (Phi) is 2.79. The summed E-state index contributed by atoms with van der Waals surface area (Å²) in [7, 11) is 0.